The van der Waals surface area contributed by atoms with Crippen LogP contribution in [-0.4, -0.2) is 44.1 Å². The van der Waals surface area contributed by atoms with Crippen LogP contribution in [0.25, 0.3) is 5.76 Å². The second kappa shape index (κ2) is 10.2. The summed E-state index contributed by atoms with van der Waals surface area (Å²) in [5.74, 6) is -1.74. The van der Waals surface area contributed by atoms with Gasteiger partial charge >= 0.3 is 5.97 Å². The number of carbonyl (C=O) groups excluding carboxylic acids is 3. The Morgan fingerprint density at radius 3 is 2.22 bits per heavy atom. The fourth-order valence-corrected chi connectivity index (χ4v) is 4.71. The highest BCUT2D eigenvalue weighted by Gasteiger charge is 2.48. The number of carbonyl (C=O) groups is 3. The molecule has 190 valence electrons. The molecule has 1 heterocycles. The maximum Gasteiger partial charge on any atom is 0.337 e. The highest BCUT2D eigenvalue weighted by atomic mass is 16.5. The minimum absolute atomic E-state index is 0.102. The zero-order valence-corrected chi connectivity index (χ0v) is 21.2. The van der Waals surface area contributed by atoms with Gasteiger partial charge in [-0.05, 0) is 61.4 Å². The molecule has 1 amide bonds. The zero-order valence-electron chi connectivity index (χ0n) is 21.2. The van der Waals surface area contributed by atoms with E-state index in [9.17, 15) is 19.5 Å². The first-order chi connectivity index (χ1) is 17.7. The SMILES string of the molecule is COC(=O)c1ccc(N2C(=O)C(=O)/C(=C(/O)c3cc(C)cc(C)c3OC)C2c2ccccc2OC)cc1. The third kappa shape index (κ3) is 4.42. The van der Waals surface area contributed by atoms with E-state index in [1.807, 2.05) is 19.9 Å². The number of ketones is 1. The summed E-state index contributed by atoms with van der Waals surface area (Å²) in [5.41, 5.74) is 2.97. The monoisotopic (exact) mass is 501 g/mol. The van der Waals surface area contributed by atoms with Crippen molar-refractivity contribution in [2.45, 2.75) is 19.9 Å². The molecule has 1 N–H and O–H groups in total. The van der Waals surface area contributed by atoms with E-state index in [1.165, 1.54) is 38.4 Å². The van der Waals surface area contributed by atoms with Crippen LogP contribution in [0.5, 0.6) is 11.5 Å². The molecule has 1 atom stereocenters. The average Bonchev–Trinajstić information content (AvgIpc) is 3.17. The molecule has 4 rings (SSSR count). The first-order valence-corrected chi connectivity index (χ1v) is 11.5. The number of amides is 1. The number of ether oxygens (including phenoxy) is 3. The Morgan fingerprint density at radius 2 is 1.59 bits per heavy atom. The quantitative estimate of drug-likeness (QED) is 0.225. The molecule has 0 saturated carbocycles. The molecule has 0 aliphatic carbocycles. The number of methoxy groups -OCH3 is 3. The maximum absolute atomic E-state index is 13.5. The number of aryl methyl sites for hydroxylation is 2. The zero-order chi connectivity index (χ0) is 26.9. The summed E-state index contributed by atoms with van der Waals surface area (Å²) >= 11 is 0. The van der Waals surface area contributed by atoms with E-state index in [1.54, 1.807) is 42.5 Å². The van der Waals surface area contributed by atoms with Crippen molar-refractivity contribution in [3.05, 3.63) is 94.1 Å². The van der Waals surface area contributed by atoms with Gasteiger partial charge in [-0.15, -0.1) is 0 Å². The van der Waals surface area contributed by atoms with E-state index >= 15 is 0 Å². The summed E-state index contributed by atoms with van der Waals surface area (Å²) in [7, 11) is 4.24. The Bertz CT molecular complexity index is 1420. The summed E-state index contributed by atoms with van der Waals surface area (Å²) < 4.78 is 15.9. The normalized spacial score (nSPS) is 16.6. The van der Waals surface area contributed by atoms with Gasteiger partial charge in [0.15, 0.2) is 0 Å². The van der Waals surface area contributed by atoms with Gasteiger partial charge in [0.05, 0.1) is 44.1 Å². The Labute approximate surface area is 214 Å². The third-order valence-corrected chi connectivity index (χ3v) is 6.32. The number of esters is 1. The molecular formula is C29H27NO7. The van der Waals surface area contributed by atoms with E-state index in [-0.39, 0.29) is 16.9 Å². The van der Waals surface area contributed by atoms with Gasteiger partial charge in [-0.3, -0.25) is 14.5 Å². The molecule has 0 radical (unpaired) electrons. The Morgan fingerprint density at radius 1 is 0.919 bits per heavy atom. The van der Waals surface area contributed by atoms with Gasteiger partial charge in [-0.1, -0.05) is 24.3 Å². The lowest BCUT2D eigenvalue weighted by Gasteiger charge is -2.27. The number of benzene rings is 3. The Balaban J connectivity index is 1.99. The summed E-state index contributed by atoms with van der Waals surface area (Å²) in [6.45, 7) is 3.70. The largest absolute Gasteiger partial charge is 0.507 e. The number of para-hydroxylation sites is 1. The molecule has 1 aliphatic heterocycles. The van der Waals surface area contributed by atoms with Crippen molar-refractivity contribution in [2.75, 3.05) is 26.2 Å². The molecule has 0 spiro atoms. The smallest absolute Gasteiger partial charge is 0.337 e. The molecule has 1 saturated heterocycles. The van der Waals surface area contributed by atoms with E-state index in [0.29, 0.717) is 28.3 Å². The van der Waals surface area contributed by atoms with Crippen molar-refractivity contribution in [1.29, 1.82) is 0 Å². The second-order valence-corrected chi connectivity index (χ2v) is 8.61. The lowest BCUT2D eigenvalue weighted by Crippen LogP contribution is -2.29. The van der Waals surface area contributed by atoms with Gasteiger partial charge in [0, 0.05) is 11.3 Å². The van der Waals surface area contributed by atoms with Gasteiger partial charge in [0.2, 0.25) is 0 Å². The van der Waals surface area contributed by atoms with Crippen LogP contribution in [0.1, 0.15) is 38.7 Å². The minimum Gasteiger partial charge on any atom is -0.507 e. The van der Waals surface area contributed by atoms with Gasteiger partial charge in [-0.2, -0.15) is 0 Å². The standard InChI is InChI=1S/C29H27NO7/c1-16-14-17(2)27(36-4)21(15-16)25(31)23-24(20-8-6-7-9-22(20)35-3)30(28(33)26(23)32)19-12-10-18(11-13-19)29(34)37-5/h6-15,24,31H,1-5H3/b25-23+. The van der Waals surface area contributed by atoms with Crippen LogP contribution < -0.4 is 14.4 Å². The number of rotatable bonds is 6. The predicted molar refractivity (Wildman–Crippen MR) is 138 cm³/mol. The number of Topliss-reactive ketones (excluding diaryl/α,β-unsaturated/α-hetero) is 1. The van der Waals surface area contributed by atoms with Crippen LogP contribution in [0.2, 0.25) is 0 Å². The average molecular weight is 502 g/mol. The molecular weight excluding hydrogens is 474 g/mol. The molecule has 0 aromatic heterocycles. The predicted octanol–water partition coefficient (Wildman–Crippen LogP) is 4.73. The molecule has 8 heteroatoms. The summed E-state index contributed by atoms with van der Waals surface area (Å²) in [6.07, 6.45) is 0. The van der Waals surface area contributed by atoms with Crippen LogP contribution in [0.3, 0.4) is 0 Å². The second-order valence-electron chi connectivity index (χ2n) is 8.61. The topological polar surface area (TPSA) is 102 Å². The summed E-state index contributed by atoms with van der Waals surface area (Å²) in [6, 6.07) is 15.7. The lowest BCUT2D eigenvalue weighted by molar-refractivity contribution is -0.132. The number of hydrogen-bond donors (Lipinski definition) is 1. The lowest BCUT2D eigenvalue weighted by atomic mass is 9.93. The van der Waals surface area contributed by atoms with Gasteiger partial charge < -0.3 is 19.3 Å². The minimum atomic E-state index is -1.01. The van der Waals surface area contributed by atoms with Crippen LogP contribution in [0.4, 0.5) is 5.69 Å². The van der Waals surface area contributed by atoms with Crippen molar-refractivity contribution < 1.29 is 33.7 Å². The third-order valence-electron chi connectivity index (χ3n) is 6.32. The molecule has 37 heavy (non-hydrogen) atoms. The maximum atomic E-state index is 13.5. The van der Waals surface area contributed by atoms with E-state index < -0.39 is 23.7 Å². The van der Waals surface area contributed by atoms with Crippen molar-refractivity contribution in [2.24, 2.45) is 0 Å². The summed E-state index contributed by atoms with van der Waals surface area (Å²) in [5, 5.41) is 11.6. The highest BCUT2D eigenvalue weighted by Crippen LogP contribution is 2.46. The number of aliphatic hydroxyl groups excluding tert-OH is 1. The number of nitrogens with zero attached hydrogens (tertiary/aromatic N) is 1. The molecule has 1 fully saturated rings. The Kier molecular flexibility index (Phi) is 7.02. The van der Waals surface area contributed by atoms with Crippen LogP contribution in [0, 0.1) is 13.8 Å². The van der Waals surface area contributed by atoms with Crippen LogP contribution in [0.15, 0.2) is 66.2 Å². The Hall–Kier alpha value is -4.59. The van der Waals surface area contributed by atoms with Gasteiger partial charge in [-0.25, -0.2) is 4.79 Å². The number of aliphatic hydroxyl groups is 1. The van der Waals surface area contributed by atoms with Crippen LogP contribution >= 0.6 is 0 Å². The highest BCUT2D eigenvalue weighted by molar-refractivity contribution is 6.51. The molecule has 3 aromatic carbocycles. The van der Waals surface area contributed by atoms with E-state index in [2.05, 4.69) is 0 Å². The molecule has 1 aliphatic rings. The van der Waals surface area contributed by atoms with Crippen molar-refractivity contribution >= 4 is 29.1 Å². The van der Waals surface area contributed by atoms with Crippen LogP contribution in [-0.2, 0) is 14.3 Å². The molecule has 3 aromatic rings. The number of anilines is 1. The van der Waals surface area contributed by atoms with E-state index in [0.717, 1.165) is 11.1 Å². The first-order valence-electron chi connectivity index (χ1n) is 11.5. The molecule has 1 unspecified atom stereocenters. The van der Waals surface area contributed by atoms with Crippen molar-refractivity contribution in [1.82, 2.24) is 0 Å². The number of hydrogen-bond acceptors (Lipinski definition) is 7. The van der Waals surface area contributed by atoms with Gasteiger partial charge in [0.25, 0.3) is 11.7 Å². The van der Waals surface area contributed by atoms with E-state index in [4.69, 9.17) is 14.2 Å². The molecule has 8 nitrogen and oxygen atoms in total. The summed E-state index contributed by atoms with van der Waals surface area (Å²) in [4.78, 5) is 40.2. The fourth-order valence-electron chi connectivity index (χ4n) is 4.71. The molecule has 0 bridgehead atoms. The van der Waals surface area contributed by atoms with Crippen molar-refractivity contribution in [3.8, 4) is 11.5 Å². The van der Waals surface area contributed by atoms with Gasteiger partial charge in [0.1, 0.15) is 17.3 Å². The fraction of sp³-hybridized carbons (Fsp3) is 0.207. The first kappa shape index (κ1) is 25.5. The van der Waals surface area contributed by atoms with Crippen molar-refractivity contribution in [3.63, 3.8) is 0 Å².